The number of carbonyl (C=O) groups excluding carboxylic acids is 1. The summed E-state index contributed by atoms with van der Waals surface area (Å²) < 4.78 is 12.8. The van der Waals surface area contributed by atoms with Crippen molar-refractivity contribution in [3.05, 3.63) is 56.6 Å². The van der Waals surface area contributed by atoms with E-state index >= 15 is 0 Å². The lowest BCUT2D eigenvalue weighted by molar-refractivity contribution is 0.0486. The molecule has 0 aliphatic heterocycles. The van der Waals surface area contributed by atoms with Gasteiger partial charge in [0.1, 0.15) is 12.2 Å². The van der Waals surface area contributed by atoms with E-state index in [2.05, 4.69) is 42.2 Å². The average molecular weight is 486 g/mol. The Hall–Kier alpha value is -1.60. The molecule has 140 valence electrons. The maximum atomic E-state index is 12.2. The summed E-state index contributed by atoms with van der Waals surface area (Å²) in [5.41, 5.74) is 1.50. The Morgan fingerprint density at radius 1 is 1.23 bits per heavy atom. The number of aryl methyl sites for hydroxylation is 1. The quantitative estimate of drug-likeness (QED) is 0.602. The van der Waals surface area contributed by atoms with E-state index in [0.717, 1.165) is 20.1 Å². The van der Waals surface area contributed by atoms with E-state index < -0.39 is 11.7 Å². The first-order valence-electron chi connectivity index (χ1n) is 8.14. The molecule has 0 spiro atoms. The van der Waals surface area contributed by atoms with Crippen molar-refractivity contribution < 1.29 is 14.3 Å². The normalized spacial score (nSPS) is 12.4. The van der Waals surface area contributed by atoms with Crippen LogP contribution < -0.4 is 10.1 Å². The Morgan fingerprint density at radius 2 is 1.88 bits per heavy atom. The van der Waals surface area contributed by atoms with E-state index in [4.69, 9.17) is 9.47 Å². The fraction of sp³-hybridized carbons (Fsp3) is 0.368. The number of rotatable bonds is 5. The highest BCUT2D eigenvalue weighted by atomic mass is 79.9. The summed E-state index contributed by atoms with van der Waals surface area (Å²) in [6.07, 6.45) is 1.16. The minimum Gasteiger partial charge on any atom is -0.474 e. The third-order valence-corrected chi connectivity index (χ3v) is 4.33. The zero-order valence-electron chi connectivity index (χ0n) is 15.2. The highest BCUT2D eigenvalue weighted by molar-refractivity contribution is 9.11. The summed E-state index contributed by atoms with van der Waals surface area (Å²) in [7, 11) is 0. The van der Waals surface area contributed by atoms with Gasteiger partial charge in [-0.3, -0.25) is 0 Å². The van der Waals surface area contributed by atoms with E-state index in [-0.39, 0.29) is 12.6 Å². The van der Waals surface area contributed by atoms with Crippen LogP contribution in [0.1, 0.15) is 37.9 Å². The molecule has 0 radical (unpaired) electrons. The lowest BCUT2D eigenvalue weighted by Crippen LogP contribution is -2.37. The van der Waals surface area contributed by atoms with Crippen molar-refractivity contribution in [1.82, 2.24) is 10.3 Å². The Balaban J connectivity index is 2.14. The summed E-state index contributed by atoms with van der Waals surface area (Å²) >= 11 is 6.78. The Bertz CT molecular complexity index is 758. The first-order valence-corrected chi connectivity index (χ1v) is 9.72. The van der Waals surface area contributed by atoms with Crippen molar-refractivity contribution in [2.24, 2.45) is 0 Å². The highest BCUT2D eigenvalue weighted by Crippen LogP contribution is 2.26. The second-order valence-corrected chi connectivity index (χ2v) is 8.63. The fourth-order valence-electron chi connectivity index (χ4n) is 2.14. The molecule has 1 aromatic carbocycles. The molecule has 0 aliphatic rings. The van der Waals surface area contributed by atoms with Crippen LogP contribution in [-0.4, -0.2) is 23.3 Å². The number of aromatic nitrogens is 1. The molecule has 7 heteroatoms. The molecule has 0 saturated carbocycles. The van der Waals surface area contributed by atoms with Gasteiger partial charge < -0.3 is 14.8 Å². The Kier molecular flexibility index (Phi) is 7.06. The number of alkyl carbamates (subject to hydrolysis) is 1. The van der Waals surface area contributed by atoms with Crippen molar-refractivity contribution >= 4 is 38.0 Å². The molecule has 0 saturated heterocycles. The standard InChI is InChI=1S/C19H22Br2N2O3/c1-12-5-7-13(8-6-12)16(23-18(24)26-19(2,3)4)11-25-17-15(21)9-14(20)10-22-17/h5-10,16H,11H2,1-4H3,(H,23,24)/t16-/m1/s1. The number of hydrogen-bond acceptors (Lipinski definition) is 4. The van der Waals surface area contributed by atoms with Gasteiger partial charge in [-0.25, -0.2) is 9.78 Å². The molecule has 0 aliphatic carbocycles. The van der Waals surface area contributed by atoms with E-state index in [9.17, 15) is 4.79 Å². The van der Waals surface area contributed by atoms with Gasteiger partial charge in [0.15, 0.2) is 0 Å². The van der Waals surface area contributed by atoms with Crippen LogP contribution in [0.4, 0.5) is 4.79 Å². The van der Waals surface area contributed by atoms with E-state index in [1.54, 1.807) is 6.20 Å². The van der Waals surface area contributed by atoms with Gasteiger partial charge in [0.25, 0.3) is 0 Å². The van der Waals surface area contributed by atoms with Crippen LogP contribution in [0.25, 0.3) is 0 Å². The maximum absolute atomic E-state index is 12.2. The topological polar surface area (TPSA) is 60.5 Å². The third-order valence-electron chi connectivity index (χ3n) is 3.33. The number of carbonyl (C=O) groups is 1. The Labute approximate surface area is 170 Å². The lowest BCUT2D eigenvalue weighted by atomic mass is 10.1. The van der Waals surface area contributed by atoms with E-state index in [1.165, 1.54) is 0 Å². The monoisotopic (exact) mass is 484 g/mol. The van der Waals surface area contributed by atoms with Gasteiger partial charge in [-0.1, -0.05) is 29.8 Å². The van der Waals surface area contributed by atoms with Crippen molar-refractivity contribution in [1.29, 1.82) is 0 Å². The molecule has 1 heterocycles. The third kappa shape index (κ3) is 6.61. The van der Waals surface area contributed by atoms with Crippen molar-refractivity contribution in [2.75, 3.05) is 6.61 Å². The highest BCUT2D eigenvalue weighted by Gasteiger charge is 2.21. The average Bonchev–Trinajstić information content (AvgIpc) is 2.52. The molecular formula is C19H22Br2N2O3. The summed E-state index contributed by atoms with van der Waals surface area (Å²) in [5, 5.41) is 2.87. The molecule has 2 aromatic rings. The predicted molar refractivity (Wildman–Crippen MR) is 108 cm³/mol. The van der Waals surface area contributed by atoms with Gasteiger partial charge in [0.05, 0.1) is 10.5 Å². The molecule has 0 bridgehead atoms. The van der Waals surface area contributed by atoms with Gasteiger partial charge in [0, 0.05) is 10.7 Å². The fourth-order valence-corrected chi connectivity index (χ4v) is 3.24. The maximum Gasteiger partial charge on any atom is 0.408 e. The second-order valence-electron chi connectivity index (χ2n) is 6.86. The van der Waals surface area contributed by atoms with Crippen molar-refractivity contribution in [3.63, 3.8) is 0 Å². The zero-order chi connectivity index (χ0) is 19.3. The van der Waals surface area contributed by atoms with Crippen molar-refractivity contribution in [2.45, 2.75) is 39.3 Å². The summed E-state index contributed by atoms with van der Waals surface area (Å²) in [6.45, 7) is 7.71. The minimum absolute atomic E-state index is 0.218. The molecule has 1 aromatic heterocycles. The number of hydrogen-bond donors (Lipinski definition) is 1. The largest absolute Gasteiger partial charge is 0.474 e. The van der Waals surface area contributed by atoms with Crippen LogP contribution in [0, 0.1) is 6.92 Å². The number of nitrogens with one attached hydrogen (secondary N) is 1. The molecule has 2 rings (SSSR count). The number of halogens is 2. The van der Waals surface area contributed by atoms with Gasteiger partial charge in [0.2, 0.25) is 5.88 Å². The van der Waals surface area contributed by atoms with Crippen LogP contribution in [0.15, 0.2) is 45.5 Å². The number of benzene rings is 1. The Morgan fingerprint density at radius 3 is 2.46 bits per heavy atom. The molecule has 0 unspecified atom stereocenters. The van der Waals surface area contributed by atoms with E-state index in [1.807, 2.05) is 58.0 Å². The van der Waals surface area contributed by atoms with Crippen LogP contribution in [-0.2, 0) is 4.74 Å². The summed E-state index contributed by atoms with van der Waals surface area (Å²) in [5.74, 6) is 0.455. The van der Waals surface area contributed by atoms with Crippen LogP contribution in [0.5, 0.6) is 5.88 Å². The van der Waals surface area contributed by atoms with Gasteiger partial charge in [-0.2, -0.15) is 0 Å². The molecule has 5 nitrogen and oxygen atoms in total. The zero-order valence-corrected chi connectivity index (χ0v) is 18.3. The molecular weight excluding hydrogens is 464 g/mol. The smallest absolute Gasteiger partial charge is 0.408 e. The first kappa shape index (κ1) is 20.7. The lowest BCUT2D eigenvalue weighted by Gasteiger charge is -2.24. The first-order chi connectivity index (χ1) is 12.1. The summed E-state index contributed by atoms with van der Waals surface area (Å²) in [6, 6.07) is 9.39. The molecule has 1 amide bonds. The number of nitrogens with zero attached hydrogens (tertiary/aromatic N) is 1. The predicted octanol–water partition coefficient (Wildman–Crippen LogP) is 5.56. The number of pyridine rings is 1. The second kappa shape index (κ2) is 8.86. The minimum atomic E-state index is -0.570. The SMILES string of the molecule is Cc1ccc([C@@H](COc2ncc(Br)cc2Br)NC(=O)OC(C)(C)C)cc1. The number of ether oxygens (including phenoxy) is 2. The molecule has 1 atom stereocenters. The van der Waals surface area contributed by atoms with E-state index in [0.29, 0.717) is 5.88 Å². The summed E-state index contributed by atoms with van der Waals surface area (Å²) in [4.78, 5) is 16.4. The molecule has 0 fully saturated rings. The van der Waals surface area contributed by atoms with Crippen LogP contribution in [0.2, 0.25) is 0 Å². The van der Waals surface area contributed by atoms with Crippen molar-refractivity contribution in [3.8, 4) is 5.88 Å². The van der Waals surface area contributed by atoms with Crippen LogP contribution >= 0.6 is 31.9 Å². The molecule has 1 N–H and O–H groups in total. The van der Waals surface area contributed by atoms with Crippen LogP contribution in [0.3, 0.4) is 0 Å². The number of amides is 1. The van der Waals surface area contributed by atoms with Gasteiger partial charge in [-0.05, 0) is 71.2 Å². The van der Waals surface area contributed by atoms with Gasteiger partial charge in [-0.15, -0.1) is 0 Å². The molecule has 26 heavy (non-hydrogen) atoms. The van der Waals surface area contributed by atoms with Gasteiger partial charge >= 0.3 is 6.09 Å².